The van der Waals surface area contributed by atoms with Crippen LogP contribution >= 0.6 is 11.6 Å². The molecule has 37 heavy (non-hydrogen) atoms. The molecule has 2 aromatic heterocycles. The maximum absolute atomic E-state index is 14.1. The molecule has 9 heteroatoms. The maximum atomic E-state index is 14.1. The lowest BCUT2D eigenvalue weighted by Crippen LogP contribution is -2.44. The number of hydrogen-bond acceptors (Lipinski definition) is 3. The van der Waals surface area contributed by atoms with Crippen molar-refractivity contribution in [3.63, 3.8) is 0 Å². The number of hydrogen-bond donors (Lipinski definition) is 1. The number of fused-ring (bicyclic) bond motifs is 1. The van der Waals surface area contributed by atoms with E-state index in [1.807, 2.05) is 0 Å². The van der Waals surface area contributed by atoms with E-state index in [2.05, 4.69) is 0 Å². The van der Waals surface area contributed by atoms with E-state index in [0.29, 0.717) is 27.6 Å². The lowest BCUT2D eigenvalue weighted by Gasteiger charge is -2.15. The van der Waals surface area contributed by atoms with Gasteiger partial charge in [0.15, 0.2) is 0 Å². The molecule has 5 rings (SSSR count). The number of ether oxygens (including phenoxy) is 1. The van der Waals surface area contributed by atoms with Crippen LogP contribution in [-0.4, -0.2) is 9.51 Å². The molecule has 0 aliphatic heterocycles. The number of benzene rings is 3. The third-order valence-electron chi connectivity index (χ3n) is 5.84. The highest BCUT2D eigenvalue weighted by Crippen LogP contribution is 2.33. The van der Waals surface area contributed by atoms with Gasteiger partial charge in [0.2, 0.25) is 5.56 Å². The van der Waals surface area contributed by atoms with Gasteiger partial charge >= 0.3 is 17.6 Å². The summed E-state index contributed by atoms with van der Waals surface area (Å²) in [6.07, 6.45) is -5.09. The van der Waals surface area contributed by atoms with E-state index in [1.54, 1.807) is 91.0 Å². The van der Waals surface area contributed by atoms with Crippen molar-refractivity contribution >= 4 is 17.2 Å². The van der Waals surface area contributed by atoms with Gasteiger partial charge in [-0.05, 0) is 42.5 Å². The molecule has 0 amide bonds. The fourth-order valence-electron chi connectivity index (χ4n) is 4.14. The van der Waals surface area contributed by atoms with Crippen LogP contribution in [0.1, 0.15) is 11.1 Å². The van der Waals surface area contributed by atoms with Gasteiger partial charge in [-0.1, -0.05) is 60.1 Å². The molecule has 5 nitrogen and oxygen atoms in total. The Hall–Kier alpha value is -4.30. The summed E-state index contributed by atoms with van der Waals surface area (Å²) in [7, 11) is 0. The standard InChI is InChI=1S/C28H18ClF3N2O3/c29-20-13-15-21(16-14-20)37-23-11-5-4-9-19(23)17-33-24-12-6-10-22(18-7-2-1-3-8-18)34(24)27(36)25(26(33)35)28(30,31)32/h1-16H,17H2/p+1. The van der Waals surface area contributed by atoms with Gasteiger partial charge in [0.25, 0.3) is 5.65 Å². The van der Waals surface area contributed by atoms with Crippen LogP contribution in [0.2, 0.25) is 5.02 Å². The monoisotopic (exact) mass is 523 g/mol. The average molecular weight is 524 g/mol. The summed E-state index contributed by atoms with van der Waals surface area (Å²) < 4.78 is 50.2. The van der Waals surface area contributed by atoms with Crippen molar-refractivity contribution in [3.8, 4) is 28.6 Å². The second kappa shape index (κ2) is 9.63. The van der Waals surface area contributed by atoms with E-state index in [-0.39, 0.29) is 17.9 Å². The molecule has 186 valence electrons. The summed E-state index contributed by atoms with van der Waals surface area (Å²) in [5.41, 5.74) is -1.64. The molecule has 0 saturated carbocycles. The van der Waals surface area contributed by atoms with Crippen LogP contribution in [0.15, 0.2) is 102 Å². The van der Waals surface area contributed by atoms with E-state index in [0.717, 1.165) is 8.97 Å². The van der Waals surface area contributed by atoms with Gasteiger partial charge < -0.3 is 9.84 Å². The van der Waals surface area contributed by atoms with Crippen LogP contribution in [0.4, 0.5) is 13.2 Å². The molecule has 0 bridgehead atoms. The minimum Gasteiger partial charge on any atom is -0.477 e. The summed E-state index contributed by atoms with van der Waals surface area (Å²) in [6, 6.07) is 26.7. The molecule has 3 aromatic carbocycles. The Kier molecular flexibility index (Phi) is 6.35. The van der Waals surface area contributed by atoms with Gasteiger partial charge in [0.05, 0.1) is 0 Å². The third-order valence-corrected chi connectivity index (χ3v) is 6.09. The zero-order valence-corrected chi connectivity index (χ0v) is 19.9. The van der Waals surface area contributed by atoms with Gasteiger partial charge in [0, 0.05) is 22.2 Å². The first-order valence-corrected chi connectivity index (χ1v) is 11.6. The zero-order valence-electron chi connectivity index (χ0n) is 19.1. The zero-order chi connectivity index (χ0) is 26.2. The largest absolute Gasteiger partial charge is 0.477 e. The number of pyridine rings is 1. The normalized spacial score (nSPS) is 11.6. The predicted octanol–water partition coefficient (Wildman–Crippen LogP) is 6.47. The Balaban J connectivity index is 1.72. The van der Waals surface area contributed by atoms with E-state index in [9.17, 15) is 23.1 Å². The van der Waals surface area contributed by atoms with Gasteiger partial charge in [-0.15, -0.1) is 0 Å². The van der Waals surface area contributed by atoms with Crippen molar-refractivity contribution in [2.45, 2.75) is 12.7 Å². The molecule has 0 spiro atoms. The Morgan fingerprint density at radius 2 is 1.54 bits per heavy atom. The number of alkyl halides is 3. The van der Waals surface area contributed by atoms with Crippen molar-refractivity contribution in [2.75, 3.05) is 0 Å². The van der Waals surface area contributed by atoms with Gasteiger partial charge in [0.1, 0.15) is 23.7 Å². The van der Waals surface area contributed by atoms with Crippen LogP contribution in [0.25, 0.3) is 16.9 Å². The first-order chi connectivity index (χ1) is 17.7. The molecule has 0 radical (unpaired) electrons. The number of rotatable bonds is 5. The van der Waals surface area contributed by atoms with Crippen molar-refractivity contribution in [1.29, 1.82) is 0 Å². The number of para-hydroxylation sites is 1. The van der Waals surface area contributed by atoms with Crippen molar-refractivity contribution in [1.82, 2.24) is 4.40 Å². The lowest BCUT2D eigenvalue weighted by molar-refractivity contribution is -0.673. The molecule has 0 aliphatic carbocycles. The minimum atomic E-state index is -5.09. The van der Waals surface area contributed by atoms with Crippen LogP contribution in [0.5, 0.6) is 17.4 Å². The molecular weight excluding hydrogens is 505 g/mol. The highest BCUT2D eigenvalue weighted by Gasteiger charge is 2.44. The fourth-order valence-corrected chi connectivity index (χ4v) is 4.27. The fraction of sp³-hybridized carbons (Fsp3) is 0.0714. The molecule has 1 N–H and O–H groups in total. The van der Waals surface area contributed by atoms with Crippen LogP contribution in [-0.2, 0) is 12.7 Å². The number of aromatic hydroxyl groups is 1. The molecule has 2 heterocycles. The van der Waals surface area contributed by atoms with Crippen LogP contribution in [0.3, 0.4) is 0 Å². The Labute approximate surface area is 214 Å². The van der Waals surface area contributed by atoms with Crippen LogP contribution < -0.4 is 14.9 Å². The van der Waals surface area contributed by atoms with E-state index in [1.165, 1.54) is 6.07 Å². The van der Waals surface area contributed by atoms with Crippen LogP contribution in [0, 0.1) is 0 Å². The second-order valence-corrected chi connectivity index (χ2v) is 8.66. The maximum Gasteiger partial charge on any atom is 0.431 e. The van der Waals surface area contributed by atoms with Gasteiger partial charge in [-0.2, -0.15) is 22.1 Å². The topological polar surface area (TPSA) is 54.8 Å². The number of aromatic nitrogens is 2. The molecule has 0 atom stereocenters. The quantitative estimate of drug-likeness (QED) is 0.269. The van der Waals surface area contributed by atoms with Gasteiger partial charge in [-0.3, -0.25) is 0 Å². The lowest BCUT2D eigenvalue weighted by atomic mass is 10.1. The van der Waals surface area contributed by atoms with E-state index < -0.39 is 23.2 Å². The second-order valence-electron chi connectivity index (χ2n) is 8.22. The molecular formula is C28H19ClF3N2O3+. The predicted molar refractivity (Wildman–Crippen MR) is 133 cm³/mol. The number of halogens is 4. The summed E-state index contributed by atoms with van der Waals surface area (Å²) in [5, 5.41) is 11.3. The summed E-state index contributed by atoms with van der Waals surface area (Å²) in [5.74, 6) is -0.333. The first kappa shape index (κ1) is 24.4. The molecule has 0 fully saturated rings. The Morgan fingerprint density at radius 3 is 2.24 bits per heavy atom. The Morgan fingerprint density at radius 1 is 0.865 bits per heavy atom. The van der Waals surface area contributed by atoms with Crippen molar-refractivity contribution < 1.29 is 27.6 Å². The summed E-state index contributed by atoms with van der Waals surface area (Å²) in [6.45, 7) is -0.208. The highest BCUT2D eigenvalue weighted by molar-refractivity contribution is 6.30. The Bertz CT molecular complexity index is 1650. The smallest absolute Gasteiger partial charge is 0.431 e. The first-order valence-electron chi connectivity index (χ1n) is 11.2. The number of nitrogens with zero attached hydrogens (tertiary/aromatic N) is 2. The third kappa shape index (κ3) is 4.75. The summed E-state index contributed by atoms with van der Waals surface area (Å²) >= 11 is 5.94. The highest BCUT2D eigenvalue weighted by atomic mass is 35.5. The van der Waals surface area contributed by atoms with Gasteiger partial charge in [-0.25, -0.2) is 4.79 Å². The molecule has 0 saturated heterocycles. The SMILES string of the molecule is O=c1c(C(F)(F)F)c(O)[n+](Cc2ccccc2Oc2ccc(Cl)cc2)c2cccc(-c3ccccc3)n12. The van der Waals surface area contributed by atoms with Crippen molar-refractivity contribution in [2.24, 2.45) is 0 Å². The molecule has 5 aromatic rings. The molecule has 0 aliphatic rings. The van der Waals surface area contributed by atoms with E-state index in [4.69, 9.17) is 16.3 Å². The summed E-state index contributed by atoms with van der Waals surface area (Å²) in [4.78, 5) is 13.2. The van der Waals surface area contributed by atoms with E-state index >= 15 is 0 Å². The van der Waals surface area contributed by atoms with Crippen molar-refractivity contribution in [3.05, 3.63) is 124 Å². The average Bonchev–Trinajstić information content (AvgIpc) is 2.88. The molecule has 0 unspecified atom stereocenters. The minimum absolute atomic E-state index is 0.0816.